The van der Waals surface area contributed by atoms with Gasteiger partial charge in [-0.3, -0.25) is 9.59 Å². The van der Waals surface area contributed by atoms with Crippen molar-refractivity contribution in [2.24, 2.45) is 0 Å². The average Bonchev–Trinajstić information content (AvgIpc) is 2.79. The zero-order valence-corrected chi connectivity index (χ0v) is 17.9. The Bertz CT molecular complexity index is 1330. The molecule has 4 aromatic rings. The van der Waals surface area contributed by atoms with Crippen molar-refractivity contribution in [3.8, 4) is 23.0 Å². The first-order chi connectivity index (χ1) is 15.3. The van der Waals surface area contributed by atoms with Crippen LogP contribution in [0.15, 0.2) is 71.5 Å². The number of pyridine rings is 1. The van der Waals surface area contributed by atoms with Crippen LogP contribution in [0.25, 0.3) is 10.9 Å². The second-order valence-electron chi connectivity index (χ2n) is 6.93. The molecule has 1 heterocycles. The number of benzene rings is 3. The van der Waals surface area contributed by atoms with Crippen LogP contribution in [0, 0.1) is 6.92 Å². The molecule has 0 aliphatic rings. The molecule has 3 N–H and O–H groups in total. The molecule has 0 amide bonds. The Kier molecular flexibility index (Phi) is 6.80. The summed E-state index contributed by atoms with van der Waals surface area (Å²) in [4.78, 5) is 26.2. The number of nitrogens with one attached hydrogen (secondary N) is 1. The zero-order valence-electron chi connectivity index (χ0n) is 17.9. The van der Waals surface area contributed by atoms with Crippen molar-refractivity contribution in [2.45, 2.75) is 6.92 Å². The third-order valence-corrected chi connectivity index (χ3v) is 4.86. The minimum Gasteiger partial charge on any atom is -0.507 e. The Hall–Kier alpha value is -4.26. The summed E-state index contributed by atoms with van der Waals surface area (Å²) in [6, 6.07) is 17.9. The number of carbonyl (C=O) groups is 1. The van der Waals surface area contributed by atoms with Crippen molar-refractivity contribution >= 4 is 16.7 Å². The number of hydrogen-bond acceptors (Lipinski definition) is 6. The Morgan fingerprint density at radius 1 is 0.844 bits per heavy atom. The Balaban J connectivity index is 0.000000186. The van der Waals surface area contributed by atoms with Crippen molar-refractivity contribution in [3.63, 3.8) is 0 Å². The number of para-hydroxylation sites is 2. The van der Waals surface area contributed by atoms with Gasteiger partial charge in [-0.1, -0.05) is 24.3 Å². The summed E-state index contributed by atoms with van der Waals surface area (Å²) in [5.41, 5.74) is 1.90. The minimum absolute atomic E-state index is 0.0977. The van der Waals surface area contributed by atoms with Crippen molar-refractivity contribution in [3.05, 3.63) is 93.8 Å². The number of aryl methyl sites for hydroxylation is 1. The van der Waals surface area contributed by atoms with Crippen LogP contribution in [0.4, 0.5) is 0 Å². The molecule has 0 saturated heterocycles. The van der Waals surface area contributed by atoms with Gasteiger partial charge in [0.05, 0.1) is 30.9 Å². The molecule has 32 heavy (non-hydrogen) atoms. The maximum atomic E-state index is 12.1. The first-order valence-corrected chi connectivity index (χ1v) is 9.72. The molecule has 0 aliphatic heterocycles. The van der Waals surface area contributed by atoms with E-state index < -0.39 is 5.78 Å². The highest BCUT2D eigenvalue weighted by atomic mass is 16.5. The zero-order chi connectivity index (χ0) is 23.3. The summed E-state index contributed by atoms with van der Waals surface area (Å²) >= 11 is 0. The van der Waals surface area contributed by atoms with E-state index in [1.807, 2.05) is 25.1 Å². The van der Waals surface area contributed by atoms with E-state index in [-0.39, 0.29) is 28.2 Å². The van der Waals surface area contributed by atoms with Crippen molar-refractivity contribution < 1.29 is 24.5 Å². The molecule has 0 aliphatic carbocycles. The Morgan fingerprint density at radius 3 is 2.22 bits per heavy atom. The number of aromatic amines is 1. The number of fused-ring (bicyclic) bond motifs is 1. The largest absolute Gasteiger partial charge is 0.507 e. The molecule has 0 unspecified atom stereocenters. The summed E-state index contributed by atoms with van der Waals surface area (Å²) in [7, 11) is 3.06. The molecule has 7 heteroatoms. The number of ether oxygens (including phenoxy) is 2. The van der Waals surface area contributed by atoms with E-state index in [2.05, 4.69) is 4.98 Å². The van der Waals surface area contributed by atoms with Gasteiger partial charge < -0.3 is 24.7 Å². The van der Waals surface area contributed by atoms with Crippen LogP contribution in [0.1, 0.15) is 21.5 Å². The van der Waals surface area contributed by atoms with Crippen LogP contribution in [-0.2, 0) is 0 Å². The second kappa shape index (κ2) is 9.70. The van der Waals surface area contributed by atoms with E-state index in [4.69, 9.17) is 9.47 Å². The monoisotopic (exact) mass is 433 g/mol. The molecule has 164 valence electrons. The number of phenols is 2. The minimum atomic E-state index is -0.437. The summed E-state index contributed by atoms with van der Waals surface area (Å²) in [6.07, 6.45) is 0. The van der Waals surface area contributed by atoms with Gasteiger partial charge in [-0.15, -0.1) is 0 Å². The number of phenolic OH excluding ortho intramolecular Hbond substituents is 2. The quantitative estimate of drug-likeness (QED) is 0.417. The number of ketones is 1. The topological polar surface area (TPSA) is 109 Å². The van der Waals surface area contributed by atoms with Crippen molar-refractivity contribution in [2.75, 3.05) is 14.2 Å². The van der Waals surface area contributed by atoms with Gasteiger partial charge in [0.2, 0.25) is 5.56 Å². The molecule has 0 radical (unpaired) electrons. The SMILES string of the molecule is COc1ccc(C(=O)c2ccccc2O)c(O)c1.COc1cccc2c(C)cc(=O)[nH]c12. The number of aromatic hydroxyl groups is 2. The fourth-order valence-electron chi connectivity index (χ4n) is 3.23. The highest BCUT2D eigenvalue weighted by Gasteiger charge is 2.16. The maximum absolute atomic E-state index is 12.1. The van der Waals surface area contributed by atoms with Gasteiger partial charge in [-0.05, 0) is 42.8 Å². The van der Waals surface area contributed by atoms with E-state index in [0.29, 0.717) is 11.5 Å². The predicted molar refractivity (Wildman–Crippen MR) is 122 cm³/mol. The molecule has 1 aromatic heterocycles. The van der Waals surface area contributed by atoms with E-state index in [1.54, 1.807) is 31.4 Å². The molecule has 4 rings (SSSR count). The molecular formula is C25H23NO6. The van der Waals surface area contributed by atoms with Crippen LogP contribution in [0.3, 0.4) is 0 Å². The van der Waals surface area contributed by atoms with Gasteiger partial charge >= 0.3 is 0 Å². The molecule has 0 spiro atoms. The molecular weight excluding hydrogens is 410 g/mol. The highest BCUT2D eigenvalue weighted by Crippen LogP contribution is 2.28. The molecule has 7 nitrogen and oxygen atoms in total. The van der Waals surface area contributed by atoms with Gasteiger partial charge in [-0.2, -0.15) is 0 Å². The Morgan fingerprint density at radius 2 is 1.56 bits per heavy atom. The molecule has 0 saturated carbocycles. The third-order valence-electron chi connectivity index (χ3n) is 4.86. The maximum Gasteiger partial charge on any atom is 0.248 e. The number of rotatable bonds is 4. The van der Waals surface area contributed by atoms with E-state index in [0.717, 1.165) is 16.5 Å². The molecule has 3 aromatic carbocycles. The van der Waals surface area contributed by atoms with Crippen molar-refractivity contribution in [1.82, 2.24) is 4.98 Å². The molecule has 0 fully saturated rings. The van der Waals surface area contributed by atoms with Crippen LogP contribution in [0.5, 0.6) is 23.0 Å². The van der Waals surface area contributed by atoms with Gasteiger partial charge in [0.1, 0.15) is 23.0 Å². The lowest BCUT2D eigenvalue weighted by molar-refractivity contribution is 0.103. The third kappa shape index (κ3) is 4.73. The van der Waals surface area contributed by atoms with Gasteiger partial charge in [-0.25, -0.2) is 0 Å². The summed E-state index contributed by atoms with van der Waals surface area (Å²) < 4.78 is 10.1. The number of H-pyrrole nitrogens is 1. The normalized spacial score (nSPS) is 10.2. The van der Waals surface area contributed by atoms with Crippen LogP contribution in [0.2, 0.25) is 0 Å². The number of aromatic nitrogens is 1. The first kappa shape index (κ1) is 22.4. The van der Waals surface area contributed by atoms with Crippen LogP contribution >= 0.6 is 0 Å². The van der Waals surface area contributed by atoms with Gasteiger partial charge in [0.25, 0.3) is 0 Å². The summed E-state index contributed by atoms with van der Waals surface area (Å²) in [5.74, 6) is 0.429. The molecule has 0 atom stereocenters. The number of hydrogen-bond donors (Lipinski definition) is 3. The van der Waals surface area contributed by atoms with Gasteiger partial charge in [0.15, 0.2) is 5.78 Å². The lowest BCUT2D eigenvalue weighted by Crippen LogP contribution is -2.05. The van der Waals surface area contributed by atoms with E-state index in [1.165, 1.54) is 31.4 Å². The second-order valence-corrected chi connectivity index (χ2v) is 6.93. The predicted octanol–water partition coefficient (Wildman–Crippen LogP) is 4.18. The average molecular weight is 433 g/mol. The number of methoxy groups -OCH3 is 2. The smallest absolute Gasteiger partial charge is 0.248 e. The van der Waals surface area contributed by atoms with Crippen LogP contribution < -0.4 is 15.0 Å². The van der Waals surface area contributed by atoms with Gasteiger partial charge in [0, 0.05) is 17.5 Å². The summed E-state index contributed by atoms with van der Waals surface area (Å²) in [5, 5.41) is 20.4. The van der Waals surface area contributed by atoms with Crippen molar-refractivity contribution in [1.29, 1.82) is 0 Å². The number of carbonyl (C=O) groups excluding carboxylic acids is 1. The lowest BCUT2D eigenvalue weighted by atomic mass is 10.0. The van der Waals surface area contributed by atoms with E-state index in [9.17, 15) is 19.8 Å². The molecule has 0 bridgehead atoms. The van der Waals surface area contributed by atoms with E-state index >= 15 is 0 Å². The standard InChI is InChI=1S/C14H12O4.C11H11NO2/c1-18-9-6-7-11(13(16)8-9)14(17)10-4-2-3-5-12(10)15;1-7-6-10(13)12-11-8(7)4-3-5-9(11)14-2/h2-8,15-16H,1H3;3-6H,1-2H3,(H,12,13). The first-order valence-electron chi connectivity index (χ1n) is 9.72. The summed E-state index contributed by atoms with van der Waals surface area (Å²) in [6.45, 7) is 1.91. The lowest BCUT2D eigenvalue weighted by Gasteiger charge is -2.07. The Labute approximate surface area is 184 Å². The van der Waals surface area contributed by atoms with Crippen LogP contribution in [-0.4, -0.2) is 35.2 Å². The highest BCUT2D eigenvalue weighted by molar-refractivity contribution is 6.12. The fraction of sp³-hybridized carbons (Fsp3) is 0.120. The fourth-order valence-corrected chi connectivity index (χ4v) is 3.23.